The number of rotatable bonds is 3. The van der Waals surface area contributed by atoms with Crippen molar-refractivity contribution < 1.29 is 4.79 Å². The molecule has 0 spiro atoms. The second kappa shape index (κ2) is 5.82. The van der Waals surface area contributed by atoms with Crippen molar-refractivity contribution in [3.8, 4) is 0 Å². The van der Waals surface area contributed by atoms with E-state index in [1.807, 2.05) is 12.3 Å². The van der Waals surface area contributed by atoms with E-state index in [1.54, 1.807) is 11.3 Å². The van der Waals surface area contributed by atoms with Gasteiger partial charge in [0.05, 0.1) is 17.1 Å². The molecule has 1 amide bonds. The van der Waals surface area contributed by atoms with Crippen LogP contribution in [0.4, 0.5) is 0 Å². The van der Waals surface area contributed by atoms with Gasteiger partial charge in [-0.15, -0.1) is 11.3 Å². The summed E-state index contributed by atoms with van der Waals surface area (Å²) in [4.78, 5) is 21.5. The monoisotopic (exact) mass is 293 g/mol. The Morgan fingerprint density at radius 1 is 1.35 bits per heavy atom. The summed E-state index contributed by atoms with van der Waals surface area (Å²) >= 11 is 1.63. The average Bonchev–Trinajstić information content (AvgIpc) is 3.10. The van der Waals surface area contributed by atoms with Gasteiger partial charge in [-0.1, -0.05) is 0 Å². The molecule has 0 aromatic carbocycles. The van der Waals surface area contributed by atoms with Crippen LogP contribution in [0, 0.1) is 6.92 Å². The molecular weight excluding hydrogens is 270 g/mol. The van der Waals surface area contributed by atoms with Crippen LogP contribution in [-0.2, 0) is 11.2 Å². The molecule has 3 heterocycles. The van der Waals surface area contributed by atoms with Gasteiger partial charge >= 0.3 is 0 Å². The zero-order valence-corrected chi connectivity index (χ0v) is 13.2. The van der Waals surface area contributed by atoms with Crippen molar-refractivity contribution in [1.82, 2.24) is 14.8 Å². The molecule has 3 rings (SSSR count). The van der Waals surface area contributed by atoms with Crippen LogP contribution in [0.2, 0.25) is 0 Å². The largest absolute Gasteiger partial charge is 0.338 e. The maximum absolute atomic E-state index is 12.6. The Balaban J connectivity index is 1.67. The summed E-state index contributed by atoms with van der Waals surface area (Å²) in [5, 5.41) is 3.06. The number of amides is 1. The smallest absolute Gasteiger partial charge is 0.228 e. The molecule has 20 heavy (non-hydrogen) atoms. The first-order valence-corrected chi connectivity index (χ1v) is 8.44. The minimum Gasteiger partial charge on any atom is -0.338 e. The lowest BCUT2D eigenvalue weighted by Crippen LogP contribution is -2.47. The number of carbonyl (C=O) groups is 1. The van der Waals surface area contributed by atoms with Crippen LogP contribution < -0.4 is 0 Å². The maximum atomic E-state index is 12.6. The summed E-state index contributed by atoms with van der Waals surface area (Å²) in [5.41, 5.74) is 0.933. The molecule has 2 fully saturated rings. The second-order valence-electron chi connectivity index (χ2n) is 6.02. The highest BCUT2D eigenvalue weighted by Crippen LogP contribution is 2.29. The molecule has 1 aromatic heterocycles. The third-order valence-electron chi connectivity index (χ3n) is 4.64. The molecule has 0 bridgehead atoms. The number of hydrogen-bond acceptors (Lipinski definition) is 4. The summed E-state index contributed by atoms with van der Waals surface area (Å²) in [6.45, 7) is 4.09. The normalized spacial score (nSPS) is 27.4. The van der Waals surface area contributed by atoms with Gasteiger partial charge in [0.1, 0.15) is 0 Å². The Kier molecular flexibility index (Phi) is 4.08. The molecule has 1 aromatic rings. The topological polar surface area (TPSA) is 36.4 Å². The van der Waals surface area contributed by atoms with Gasteiger partial charge < -0.3 is 9.80 Å². The van der Waals surface area contributed by atoms with E-state index in [1.165, 1.54) is 19.4 Å². The van der Waals surface area contributed by atoms with E-state index in [0.717, 1.165) is 30.1 Å². The van der Waals surface area contributed by atoms with E-state index >= 15 is 0 Å². The van der Waals surface area contributed by atoms with Gasteiger partial charge in [-0.2, -0.15) is 0 Å². The Morgan fingerprint density at radius 2 is 2.10 bits per heavy atom. The van der Waals surface area contributed by atoms with Gasteiger partial charge in [-0.05, 0) is 46.2 Å². The number of carbonyl (C=O) groups excluding carboxylic acids is 1. The Labute approximate surface area is 124 Å². The van der Waals surface area contributed by atoms with Crippen molar-refractivity contribution >= 4 is 17.2 Å². The van der Waals surface area contributed by atoms with E-state index in [-0.39, 0.29) is 5.91 Å². The highest BCUT2D eigenvalue weighted by Gasteiger charge is 2.38. The minimum absolute atomic E-state index is 0.262. The molecule has 0 radical (unpaired) electrons. The number of thiazole rings is 1. The van der Waals surface area contributed by atoms with Crippen LogP contribution in [0.15, 0.2) is 5.38 Å². The van der Waals surface area contributed by atoms with Crippen LogP contribution in [0.25, 0.3) is 0 Å². The fourth-order valence-electron chi connectivity index (χ4n) is 3.67. The van der Waals surface area contributed by atoms with E-state index < -0.39 is 0 Å². The van der Waals surface area contributed by atoms with Crippen molar-refractivity contribution in [3.63, 3.8) is 0 Å². The second-order valence-corrected chi connectivity index (χ2v) is 7.08. The number of aromatic nitrogens is 1. The molecule has 2 aliphatic heterocycles. The third-order valence-corrected chi connectivity index (χ3v) is 5.46. The maximum Gasteiger partial charge on any atom is 0.228 e. The highest BCUT2D eigenvalue weighted by atomic mass is 32.1. The van der Waals surface area contributed by atoms with Crippen LogP contribution >= 0.6 is 11.3 Å². The van der Waals surface area contributed by atoms with E-state index in [0.29, 0.717) is 18.5 Å². The Bertz CT molecular complexity index is 487. The number of aryl methyl sites for hydroxylation is 1. The van der Waals surface area contributed by atoms with Gasteiger partial charge in [-0.3, -0.25) is 4.79 Å². The number of hydrogen-bond donors (Lipinski definition) is 0. The molecule has 2 aliphatic rings. The lowest BCUT2D eigenvalue weighted by Gasteiger charge is -2.33. The first-order valence-electron chi connectivity index (χ1n) is 7.56. The molecule has 4 nitrogen and oxygen atoms in total. The predicted octanol–water partition coefficient (Wildman–Crippen LogP) is 2.08. The van der Waals surface area contributed by atoms with E-state index in [9.17, 15) is 4.79 Å². The van der Waals surface area contributed by atoms with Gasteiger partial charge in [0.2, 0.25) is 5.91 Å². The van der Waals surface area contributed by atoms with Crippen molar-refractivity contribution in [2.45, 2.75) is 51.1 Å². The van der Waals surface area contributed by atoms with Crippen molar-refractivity contribution in [1.29, 1.82) is 0 Å². The fraction of sp³-hybridized carbons (Fsp3) is 0.733. The quantitative estimate of drug-likeness (QED) is 0.856. The Morgan fingerprint density at radius 3 is 2.75 bits per heavy atom. The lowest BCUT2D eigenvalue weighted by molar-refractivity contribution is -0.132. The first-order chi connectivity index (χ1) is 9.65. The molecule has 0 aliphatic carbocycles. The van der Waals surface area contributed by atoms with Crippen LogP contribution in [0.5, 0.6) is 0 Å². The SMILES string of the molecule is Cc1nc(CC(=O)N2CCC[C@H]2[C@@H]2CCCN2C)cs1. The summed E-state index contributed by atoms with van der Waals surface area (Å²) < 4.78 is 0. The number of likely N-dealkylation sites (tertiary alicyclic amines) is 2. The van der Waals surface area contributed by atoms with Crippen LogP contribution in [0.3, 0.4) is 0 Å². The molecule has 110 valence electrons. The molecule has 5 heteroatoms. The van der Waals surface area contributed by atoms with Gasteiger partial charge in [0.25, 0.3) is 0 Å². The number of nitrogens with zero attached hydrogens (tertiary/aromatic N) is 3. The summed E-state index contributed by atoms with van der Waals surface area (Å²) in [5.74, 6) is 0.262. The lowest BCUT2D eigenvalue weighted by atomic mass is 10.0. The first kappa shape index (κ1) is 14.0. The van der Waals surface area contributed by atoms with Crippen LogP contribution in [0.1, 0.15) is 36.4 Å². The highest BCUT2D eigenvalue weighted by molar-refractivity contribution is 7.09. The van der Waals surface area contributed by atoms with Crippen molar-refractivity contribution in [3.05, 3.63) is 16.1 Å². The molecule has 0 N–H and O–H groups in total. The molecule has 0 unspecified atom stereocenters. The Hall–Kier alpha value is -0.940. The number of likely N-dealkylation sites (N-methyl/N-ethyl adjacent to an activating group) is 1. The standard InChI is InChI=1S/C15H23N3OS/c1-11-16-12(10-20-11)9-15(19)18-8-4-6-14(18)13-5-3-7-17(13)2/h10,13-14H,3-9H2,1-2H3/t13-,14-/m0/s1. The van der Waals surface area contributed by atoms with E-state index in [4.69, 9.17) is 0 Å². The average molecular weight is 293 g/mol. The summed E-state index contributed by atoms with van der Waals surface area (Å²) in [6.07, 6.45) is 5.29. The van der Waals surface area contributed by atoms with Gasteiger partial charge in [0.15, 0.2) is 0 Å². The zero-order chi connectivity index (χ0) is 14.1. The summed E-state index contributed by atoms with van der Waals surface area (Å²) in [7, 11) is 2.20. The summed E-state index contributed by atoms with van der Waals surface area (Å²) in [6, 6.07) is 0.994. The molecule has 0 saturated carbocycles. The van der Waals surface area contributed by atoms with Gasteiger partial charge in [-0.25, -0.2) is 4.98 Å². The zero-order valence-electron chi connectivity index (χ0n) is 12.3. The van der Waals surface area contributed by atoms with Gasteiger partial charge in [0, 0.05) is 24.0 Å². The van der Waals surface area contributed by atoms with E-state index in [2.05, 4.69) is 21.8 Å². The van der Waals surface area contributed by atoms with Crippen LogP contribution in [-0.4, -0.2) is 52.9 Å². The molecular formula is C15H23N3OS. The fourth-order valence-corrected chi connectivity index (χ4v) is 4.28. The predicted molar refractivity (Wildman–Crippen MR) is 80.9 cm³/mol. The minimum atomic E-state index is 0.262. The van der Waals surface area contributed by atoms with Crippen molar-refractivity contribution in [2.75, 3.05) is 20.1 Å². The molecule has 2 atom stereocenters. The molecule has 2 saturated heterocycles. The third kappa shape index (κ3) is 2.74. The van der Waals surface area contributed by atoms with Crippen molar-refractivity contribution in [2.24, 2.45) is 0 Å².